The molecular weight excluding hydrogens is 374 g/mol. The highest BCUT2D eigenvalue weighted by molar-refractivity contribution is 7.99. The molecule has 0 aliphatic carbocycles. The van der Waals surface area contributed by atoms with Gasteiger partial charge in [0.2, 0.25) is 5.91 Å². The van der Waals surface area contributed by atoms with Gasteiger partial charge in [0.05, 0.1) is 16.8 Å². The van der Waals surface area contributed by atoms with Gasteiger partial charge in [0.25, 0.3) is 5.91 Å². The molecule has 0 radical (unpaired) electrons. The lowest BCUT2D eigenvalue weighted by atomic mass is 10.0. The maximum Gasteiger partial charge on any atom is 0.251 e. The number of nitrogens with zero attached hydrogens (tertiary/aromatic N) is 1. The molecule has 1 aromatic carbocycles. The van der Waals surface area contributed by atoms with Gasteiger partial charge in [-0.05, 0) is 30.5 Å². The van der Waals surface area contributed by atoms with Crippen molar-refractivity contribution in [1.29, 1.82) is 0 Å². The molecule has 0 bridgehead atoms. The fraction of sp³-hybridized carbons (Fsp3) is 0.529. The summed E-state index contributed by atoms with van der Waals surface area (Å²) in [6.45, 7) is 1.94. The molecule has 2 heterocycles. The van der Waals surface area contributed by atoms with Crippen molar-refractivity contribution < 1.29 is 18.0 Å². The molecule has 2 aliphatic rings. The van der Waals surface area contributed by atoms with Crippen LogP contribution in [0.4, 0.5) is 0 Å². The summed E-state index contributed by atoms with van der Waals surface area (Å²) in [5, 5.41) is 6.09. The van der Waals surface area contributed by atoms with Crippen LogP contribution in [0.2, 0.25) is 0 Å². The second-order valence-electron chi connectivity index (χ2n) is 6.71. The van der Waals surface area contributed by atoms with Crippen LogP contribution < -0.4 is 10.6 Å². The Balaban J connectivity index is 1.52. The Kier molecular flexibility index (Phi) is 5.89. The van der Waals surface area contributed by atoms with E-state index >= 15 is 0 Å². The fourth-order valence-corrected chi connectivity index (χ4v) is 4.79. The summed E-state index contributed by atoms with van der Waals surface area (Å²) in [5.41, 5.74) is 0.320. The van der Waals surface area contributed by atoms with E-state index in [9.17, 15) is 18.0 Å². The van der Waals surface area contributed by atoms with E-state index in [1.54, 1.807) is 23.9 Å². The first kappa shape index (κ1) is 19.2. The zero-order valence-corrected chi connectivity index (χ0v) is 16.2. The lowest BCUT2D eigenvalue weighted by Crippen LogP contribution is -2.42. The van der Waals surface area contributed by atoms with Gasteiger partial charge in [-0.3, -0.25) is 9.59 Å². The zero-order chi connectivity index (χ0) is 18.7. The number of benzene rings is 1. The Labute approximate surface area is 157 Å². The number of hydrogen-bond donors (Lipinski definition) is 2. The Morgan fingerprint density at radius 2 is 2.19 bits per heavy atom. The van der Waals surface area contributed by atoms with Crippen LogP contribution in [0.1, 0.15) is 16.8 Å². The van der Waals surface area contributed by atoms with Gasteiger partial charge in [-0.2, -0.15) is 0 Å². The maximum atomic E-state index is 12.4. The van der Waals surface area contributed by atoms with E-state index in [0.717, 1.165) is 24.4 Å². The van der Waals surface area contributed by atoms with Gasteiger partial charge in [-0.1, -0.05) is 6.07 Å². The normalized spacial score (nSPS) is 23.2. The lowest BCUT2D eigenvalue weighted by Gasteiger charge is -2.19. The number of nitrogens with one attached hydrogen (secondary N) is 2. The lowest BCUT2D eigenvalue weighted by molar-refractivity contribution is -0.131. The molecule has 142 valence electrons. The van der Waals surface area contributed by atoms with Crippen LogP contribution in [0.25, 0.3) is 0 Å². The molecule has 0 aromatic heterocycles. The number of sulfone groups is 1. The Hall–Kier alpha value is -1.58. The minimum absolute atomic E-state index is 0.127. The molecule has 2 N–H and O–H groups in total. The van der Waals surface area contributed by atoms with Crippen LogP contribution in [0.5, 0.6) is 0 Å². The number of amides is 2. The maximum absolute atomic E-state index is 12.4. The number of thioether (sulfide) groups is 1. The van der Waals surface area contributed by atoms with E-state index in [1.165, 1.54) is 12.1 Å². The number of carbonyl (C=O) groups is 2. The van der Waals surface area contributed by atoms with Crippen LogP contribution in [-0.4, -0.2) is 68.7 Å². The van der Waals surface area contributed by atoms with Crippen molar-refractivity contribution in [3.05, 3.63) is 29.8 Å². The first-order valence-corrected chi connectivity index (χ1v) is 11.6. The van der Waals surface area contributed by atoms with Crippen molar-refractivity contribution in [2.75, 3.05) is 37.5 Å². The van der Waals surface area contributed by atoms with Crippen LogP contribution in [0.3, 0.4) is 0 Å². The van der Waals surface area contributed by atoms with Crippen LogP contribution in [0.15, 0.2) is 29.2 Å². The molecule has 0 saturated carbocycles. The molecule has 2 fully saturated rings. The SMILES string of the molecule is CS(=O)(=O)c1cccc(C(=O)NC[C@@H]2CN[C@H](C(=O)N3CCSC3)C2)c1. The predicted molar refractivity (Wildman–Crippen MR) is 101 cm³/mol. The molecule has 0 spiro atoms. The van der Waals surface area contributed by atoms with Crippen molar-refractivity contribution in [2.24, 2.45) is 5.92 Å². The van der Waals surface area contributed by atoms with E-state index in [4.69, 9.17) is 0 Å². The Morgan fingerprint density at radius 3 is 2.88 bits per heavy atom. The first-order chi connectivity index (χ1) is 12.3. The van der Waals surface area contributed by atoms with Crippen molar-refractivity contribution in [1.82, 2.24) is 15.5 Å². The van der Waals surface area contributed by atoms with Gasteiger partial charge in [0, 0.05) is 37.2 Å². The summed E-state index contributed by atoms with van der Waals surface area (Å²) in [7, 11) is -3.35. The summed E-state index contributed by atoms with van der Waals surface area (Å²) in [5.74, 6) is 1.77. The first-order valence-electron chi connectivity index (χ1n) is 8.53. The van der Waals surface area contributed by atoms with Crippen LogP contribution in [0, 0.1) is 5.92 Å². The van der Waals surface area contributed by atoms with Gasteiger partial charge >= 0.3 is 0 Å². The van der Waals surface area contributed by atoms with Crippen molar-refractivity contribution in [3.8, 4) is 0 Å². The molecule has 0 unspecified atom stereocenters. The third kappa shape index (κ3) is 4.57. The molecule has 9 heteroatoms. The molecule has 3 rings (SSSR count). The predicted octanol–water partition coefficient (Wildman–Crippen LogP) is 0.331. The average Bonchev–Trinajstić information content (AvgIpc) is 3.30. The number of carbonyl (C=O) groups excluding carboxylic acids is 2. The topological polar surface area (TPSA) is 95.6 Å². The Morgan fingerprint density at radius 1 is 1.38 bits per heavy atom. The second kappa shape index (κ2) is 7.98. The highest BCUT2D eigenvalue weighted by Gasteiger charge is 2.33. The zero-order valence-electron chi connectivity index (χ0n) is 14.6. The van der Waals surface area contributed by atoms with E-state index in [1.807, 2.05) is 4.90 Å². The summed E-state index contributed by atoms with van der Waals surface area (Å²) in [6.07, 6.45) is 1.81. The van der Waals surface area contributed by atoms with Crippen molar-refractivity contribution >= 4 is 33.4 Å². The number of rotatable bonds is 5. The monoisotopic (exact) mass is 397 g/mol. The van der Waals surface area contributed by atoms with Gasteiger partial charge in [-0.25, -0.2) is 8.42 Å². The average molecular weight is 398 g/mol. The summed E-state index contributed by atoms with van der Waals surface area (Å²) in [4.78, 5) is 26.7. The third-order valence-electron chi connectivity index (χ3n) is 4.66. The van der Waals surface area contributed by atoms with Crippen molar-refractivity contribution in [3.63, 3.8) is 0 Å². The van der Waals surface area contributed by atoms with Gasteiger partial charge in [0.15, 0.2) is 9.84 Å². The van der Waals surface area contributed by atoms with E-state index < -0.39 is 9.84 Å². The molecular formula is C17H23N3O4S2. The van der Waals surface area contributed by atoms with Gasteiger partial charge in [0.1, 0.15) is 0 Å². The van der Waals surface area contributed by atoms with Gasteiger partial charge < -0.3 is 15.5 Å². The third-order valence-corrected chi connectivity index (χ3v) is 6.74. The summed E-state index contributed by atoms with van der Waals surface area (Å²) >= 11 is 1.76. The standard InChI is InChI=1S/C17H23N3O4S2/c1-26(23,24)14-4-2-3-13(8-14)16(21)19-10-12-7-15(18-9-12)17(22)20-5-6-25-11-20/h2-4,8,12,15,18H,5-7,9-11H2,1H3,(H,19,21)/t12-,15-/m0/s1. The fourth-order valence-electron chi connectivity index (χ4n) is 3.17. The van der Waals surface area contributed by atoms with Gasteiger partial charge in [-0.15, -0.1) is 11.8 Å². The Bertz CT molecular complexity index is 791. The molecule has 2 atom stereocenters. The largest absolute Gasteiger partial charge is 0.352 e. The quantitative estimate of drug-likeness (QED) is 0.744. The molecule has 1 aromatic rings. The van der Waals surface area contributed by atoms with E-state index in [-0.39, 0.29) is 28.7 Å². The summed E-state index contributed by atoms with van der Waals surface area (Å²) in [6, 6.07) is 5.83. The molecule has 7 nitrogen and oxygen atoms in total. The summed E-state index contributed by atoms with van der Waals surface area (Å²) < 4.78 is 23.2. The molecule has 2 aliphatic heterocycles. The minimum Gasteiger partial charge on any atom is -0.352 e. The van der Waals surface area contributed by atoms with Crippen LogP contribution in [-0.2, 0) is 14.6 Å². The minimum atomic E-state index is -3.35. The van der Waals surface area contributed by atoms with E-state index in [0.29, 0.717) is 25.1 Å². The molecule has 2 saturated heterocycles. The number of hydrogen-bond acceptors (Lipinski definition) is 6. The smallest absolute Gasteiger partial charge is 0.251 e. The second-order valence-corrected chi connectivity index (χ2v) is 9.80. The highest BCUT2D eigenvalue weighted by atomic mass is 32.2. The van der Waals surface area contributed by atoms with E-state index in [2.05, 4.69) is 10.6 Å². The van der Waals surface area contributed by atoms with Crippen LogP contribution >= 0.6 is 11.8 Å². The highest BCUT2D eigenvalue weighted by Crippen LogP contribution is 2.20. The molecule has 26 heavy (non-hydrogen) atoms. The molecule has 2 amide bonds. The van der Waals surface area contributed by atoms with Crippen molar-refractivity contribution in [2.45, 2.75) is 17.4 Å².